The van der Waals surface area contributed by atoms with Crippen LogP contribution in [0.25, 0.3) is 0 Å². The summed E-state index contributed by atoms with van der Waals surface area (Å²) < 4.78 is 14.3. The third-order valence-corrected chi connectivity index (χ3v) is 6.72. The molecule has 1 aliphatic heterocycles. The first kappa shape index (κ1) is 22.9. The van der Waals surface area contributed by atoms with Gasteiger partial charge in [0.05, 0.1) is 17.7 Å². The number of carbonyl (C=O) groups is 1. The first-order valence-electron chi connectivity index (χ1n) is 9.72. The average molecular weight is 494 g/mol. The van der Waals surface area contributed by atoms with Gasteiger partial charge >= 0.3 is 6.03 Å². The van der Waals surface area contributed by atoms with Gasteiger partial charge in [-0.2, -0.15) is 5.10 Å². The molecule has 1 aromatic heterocycles. The Labute approximate surface area is 199 Å². The highest BCUT2D eigenvalue weighted by Gasteiger charge is 2.45. The molecule has 2 unspecified atom stereocenters. The zero-order chi connectivity index (χ0) is 22.7. The van der Waals surface area contributed by atoms with E-state index in [0.29, 0.717) is 34.5 Å². The molecule has 0 bridgehead atoms. The van der Waals surface area contributed by atoms with Crippen LogP contribution in [-0.4, -0.2) is 46.3 Å². The highest BCUT2D eigenvalue weighted by atomic mass is 35.5. The first-order chi connectivity index (χ1) is 15.4. The lowest BCUT2D eigenvalue weighted by atomic mass is 10.1. The molecule has 3 aromatic rings. The summed E-state index contributed by atoms with van der Waals surface area (Å²) in [4.78, 5) is 17.7. The highest BCUT2D eigenvalue weighted by molar-refractivity contribution is 7.99. The van der Waals surface area contributed by atoms with E-state index in [9.17, 15) is 4.79 Å². The lowest BCUT2D eigenvalue weighted by Gasteiger charge is -2.29. The maximum absolute atomic E-state index is 11.3. The van der Waals surface area contributed by atoms with Crippen molar-refractivity contribution in [2.75, 3.05) is 24.3 Å². The van der Waals surface area contributed by atoms with Gasteiger partial charge in [-0.15, -0.1) is 11.8 Å². The number of carbonyl (C=O) groups excluding carboxylic acids is 1. The van der Waals surface area contributed by atoms with Crippen LogP contribution >= 0.6 is 35.0 Å². The summed E-state index contributed by atoms with van der Waals surface area (Å²) in [6.45, 7) is 0.687. The lowest BCUT2D eigenvalue weighted by molar-refractivity contribution is -0.186. The van der Waals surface area contributed by atoms with Gasteiger partial charge in [0.25, 0.3) is 0 Å². The number of hydrogen-bond donors (Lipinski definition) is 1. The molecule has 0 radical (unpaired) electrons. The van der Waals surface area contributed by atoms with Crippen molar-refractivity contribution in [2.24, 2.45) is 5.73 Å². The molecule has 0 spiro atoms. The fourth-order valence-corrected chi connectivity index (χ4v) is 4.79. The van der Waals surface area contributed by atoms with Crippen LogP contribution in [0.3, 0.4) is 0 Å². The van der Waals surface area contributed by atoms with E-state index in [0.717, 1.165) is 10.6 Å². The number of ether oxygens (including phenoxy) is 2. The van der Waals surface area contributed by atoms with Gasteiger partial charge in [0.1, 0.15) is 19.2 Å². The van der Waals surface area contributed by atoms with Crippen LogP contribution in [0.1, 0.15) is 5.56 Å². The molecule has 2 aromatic carbocycles. The Hall–Kier alpha value is -2.30. The Morgan fingerprint density at radius 1 is 1.31 bits per heavy atom. The van der Waals surface area contributed by atoms with Crippen LogP contribution < -0.4 is 10.6 Å². The fourth-order valence-electron chi connectivity index (χ4n) is 3.36. The molecular weight excluding hydrogens is 473 g/mol. The summed E-state index contributed by atoms with van der Waals surface area (Å²) in [5.41, 5.74) is 6.73. The Balaban J connectivity index is 1.47. The number of halogens is 2. The molecule has 4 rings (SSSR count). The number of nitrogens with two attached hydrogens (primary N) is 1. The Morgan fingerprint density at radius 3 is 2.75 bits per heavy atom. The number of urea groups is 1. The molecule has 8 nitrogen and oxygen atoms in total. The van der Waals surface area contributed by atoms with E-state index in [2.05, 4.69) is 10.1 Å². The fraction of sp³-hybridized carbons (Fsp3) is 0.286. The van der Waals surface area contributed by atoms with E-state index in [-0.39, 0.29) is 6.10 Å². The van der Waals surface area contributed by atoms with E-state index in [1.54, 1.807) is 42.0 Å². The number of thioether (sulfide) groups is 1. The van der Waals surface area contributed by atoms with Crippen molar-refractivity contribution in [3.05, 3.63) is 70.7 Å². The predicted octanol–water partition coefficient (Wildman–Crippen LogP) is 4.16. The van der Waals surface area contributed by atoms with Crippen LogP contribution in [0.2, 0.25) is 10.0 Å². The number of primary amides is 1. The molecule has 0 saturated carbocycles. The molecule has 2 atom stereocenters. The van der Waals surface area contributed by atoms with Crippen LogP contribution in [0, 0.1) is 0 Å². The number of nitrogens with zero attached hydrogens (tertiary/aromatic N) is 4. The second-order valence-electron chi connectivity index (χ2n) is 7.22. The van der Waals surface area contributed by atoms with Gasteiger partial charge in [-0.3, -0.25) is 4.90 Å². The molecule has 32 heavy (non-hydrogen) atoms. The number of aromatic nitrogens is 3. The van der Waals surface area contributed by atoms with Crippen LogP contribution in [0.4, 0.5) is 10.5 Å². The van der Waals surface area contributed by atoms with Crippen molar-refractivity contribution >= 4 is 46.7 Å². The quantitative estimate of drug-likeness (QED) is 0.496. The Morgan fingerprint density at radius 2 is 2.09 bits per heavy atom. The van der Waals surface area contributed by atoms with Crippen LogP contribution in [0.15, 0.2) is 60.0 Å². The van der Waals surface area contributed by atoms with Crippen molar-refractivity contribution in [2.45, 2.75) is 23.3 Å². The minimum atomic E-state index is -1.10. The molecule has 2 amide bonds. The van der Waals surface area contributed by atoms with Crippen molar-refractivity contribution < 1.29 is 14.3 Å². The number of anilines is 1. The molecule has 0 aliphatic carbocycles. The van der Waals surface area contributed by atoms with Gasteiger partial charge in [0.2, 0.25) is 5.79 Å². The summed E-state index contributed by atoms with van der Waals surface area (Å²) in [5, 5.41) is 5.18. The monoisotopic (exact) mass is 493 g/mol. The molecule has 2 heterocycles. The van der Waals surface area contributed by atoms with Crippen molar-refractivity contribution in [1.82, 2.24) is 14.8 Å². The largest absolute Gasteiger partial charge is 0.351 e. The van der Waals surface area contributed by atoms with Crippen LogP contribution in [-0.2, 0) is 21.8 Å². The summed E-state index contributed by atoms with van der Waals surface area (Å²) in [6.07, 6.45) is 2.88. The highest BCUT2D eigenvalue weighted by Crippen LogP contribution is 2.41. The smallest absolute Gasteiger partial charge is 0.318 e. The van der Waals surface area contributed by atoms with E-state index in [4.69, 9.17) is 38.4 Å². The zero-order valence-corrected chi connectivity index (χ0v) is 19.5. The van der Waals surface area contributed by atoms with E-state index in [1.807, 2.05) is 30.3 Å². The van der Waals surface area contributed by atoms with Crippen molar-refractivity contribution in [3.8, 4) is 0 Å². The van der Waals surface area contributed by atoms with Crippen molar-refractivity contribution in [3.63, 3.8) is 0 Å². The molecule has 11 heteroatoms. The van der Waals surface area contributed by atoms with Gasteiger partial charge in [-0.05, 0) is 36.4 Å². The summed E-state index contributed by atoms with van der Waals surface area (Å²) in [5.74, 6) is -0.440. The third-order valence-electron chi connectivity index (χ3n) is 5.03. The molecule has 1 aliphatic rings. The zero-order valence-electron chi connectivity index (χ0n) is 17.1. The minimum Gasteiger partial charge on any atom is -0.351 e. The van der Waals surface area contributed by atoms with Gasteiger partial charge in [-0.1, -0.05) is 29.3 Å². The lowest BCUT2D eigenvalue weighted by Crippen LogP contribution is -2.34. The van der Waals surface area contributed by atoms with Gasteiger partial charge in [0, 0.05) is 34.0 Å². The number of hydrogen-bond acceptors (Lipinski definition) is 6. The molecule has 1 fully saturated rings. The number of amides is 2. The second kappa shape index (κ2) is 9.68. The Bertz CT molecular complexity index is 1080. The summed E-state index contributed by atoms with van der Waals surface area (Å²) in [7, 11) is 1.63. The molecule has 2 N–H and O–H groups in total. The standard InChI is InChI=1S/C21H21Cl2N5O3S/c1-27(20(24)29)15-3-5-17(6-4-15)32-10-16-9-30-21(31-16,11-28-13-25-12-26-28)18-7-2-14(22)8-19(18)23/h2-8,12-13,16H,9-11H2,1H3,(H2,24,29). The maximum atomic E-state index is 11.3. The maximum Gasteiger partial charge on any atom is 0.318 e. The van der Waals surface area contributed by atoms with Gasteiger partial charge in [-0.25, -0.2) is 14.5 Å². The third kappa shape index (κ3) is 5.02. The molecule has 1 saturated heterocycles. The average Bonchev–Trinajstić information content (AvgIpc) is 3.43. The van der Waals surface area contributed by atoms with Gasteiger partial charge in [0.15, 0.2) is 0 Å². The van der Waals surface area contributed by atoms with Crippen molar-refractivity contribution in [1.29, 1.82) is 0 Å². The van der Waals surface area contributed by atoms with Crippen LogP contribution in [0.5, 0.6) is 0 Å². The SMILES string of the molecule is CN(C(N)=O)c1ccc(SCC2COC(Cn3cncn3)(c3ccc(Cl)cc3Cl)O2)cc1. The first-order valence-corrected chi connectivity index (χ1v) is 11.5. The van der Waals surface area contributed by atoms with Gasteiger partial charge < -0.3 is 15.2 Å². The second-order valence-corrected chi connectivity index (χ2v) is 9.16. The van der Waals surface area contributed by atoms with E-state index >= 15 is 0 Å². The topological polar surface area (TPSA) is 95.5 Å². The minimum absolute atomic E-state index is 0.178. The van der Waals surface area contributed by atoms with E-state index < -0.39 is 11.8 Å². The molecular formula is C21H21Cl2N5O3S. The predicted molar refractivity (Wildman–Crippen MR) is 124 cm³/mol. The summed E-state index contributed by atoms with van der Waals surface area (Å²) in [6, 6.07) is 12.3. The number of benzene rings is 2. The summed E-state index contributed by atoms with van der Waals surface area (Å²) >= 11 is 14.2. The molecule has 168 valence electrons. The normalized spacial score (nSPS) is 20.4. The Kier molecular flexibility index (Phi) is 6.92. The number of rotatable bonds is 7. The van der Waals surface area contributed by atoms with E-state index in [1.165, 1.54) is 11.2 Å².